The number of nitrogens with zero attached hydrogens (tertiary/aromatic N) is 3. The minimum absolute atomic E-state index is 0.681. The van der Waals surface area contributed by atoms with Gasteiger partial charge in [-0.05, 0) is 73.0 Å². The average Bonchev–Trinajstić information content (AvgIpc) is 3.42. The van der Waals surface area contributed by atoms with Gasteiger partial charge in [-0.25, -0.2) is 0 Å². The Labute approximate surface area is 170 Å². The van der Waals surface area contributed by atoms with E-state index in [0.717, 1.165) is 28.8 Å². The van der Waals surface area contributed by atoms with Crippen LogP contribution in [0.1, 0.15) is 24.1 Å². The van der Waals surface area contributed by atoms with Gasteiger partial charge in [0.05, 0.1) is 23.4 Å². The molecular weight excluding hydrogens is 358 g/mol. The van der Waals surface area contributed by atoms with Gasteiger partial charge in [-0.1, -0.05) is 24.3 Å². The van der Waals surface area contributed by atoms with E-state index in [-0.39, 0.29) is 0 Å². The molecule has 0 radical (unpaired) electrons. The van der Waals surface area contributed by atoms with E-state index >= 15 is 0 Å². The Morgan fingerprint density at radius 3 is 2.72 bits per heavy atom. The highest BCUT2D eigenvalue weighted by Crippen LogP contribution is 2.27. The van der Waals surface area contributed by atoms with Crippen LogP contribution in [0.4, 0.5) is 5.69 Å². The summed E-state index contributed by atoms with van der Waals surface area (Å²) >= 11 is 0. The number of hydrogen-bond acceptors (Lipinski definition) is 4. The van der Waals surface area contributed by atoms with Crippen molar-refractivity contribution in [3.05, 3.63) is 78.2 Å². The molecule has 1 aliphatic rings. The van der Waals surface area contributed by atoms with Crippen LogP contribution in [0.15, 0.2) is 67.0 Å². The van der Waals surface area contributed by atoms with Crippen molar-refractivity contribution >= 4 is 16.6 Å². The molecule has 29 heavy (non-hydrogen) atoms. The number of rotatable bonds is 6. The maximum absolute atomic E-state index is 4.46. The van der Waals surface area contributed by atoms with Crippen molar-refractivity contribution in [2.75, 3.05) is 18.4 Å². The summed E-state index contributed by atoms with van der Waals surface area (Å²) in [4.78, 5) is 6.70. The number of nitrogens with one attached hydrogen (secondary N) is 2. The molecule has 1 saturated heterocycles. The smallest absolute Gasteiger partial charge is 0.0924 e. The molecule has 2 aromatic heterocycles. The lowest BCUT2D eigenvalue weighted by Crippen LogP contribution is -2.18. The quantitative estimate of drug-likeness (QED) is 0.501. The lowest BCUT2D eigenvalue weighted by Gasteiger charge is -2.15. The number of pyridine rings is 1. The van der Waals surface area contributed by atoms with Crippen LogP contribution in [0, 0.1) is 0 Å². The van der Waals surface area contributed by atoms with Crippen LogP contribution in [0.2, 0.25) is 0 Å². The van der Waals surface area contributed by atoms with Crippen molar-refractivity contribution in [3.8, 4) is 11.1 Å². The molecule has 5 rings (SSSR count). The zero-order valence-corrected chi connectivity index (χ0v) is 16.4. The minimum Gasteiger partial charge on any atom is -0.378 e. The maximum Gasteiger partial charge on any atom is 0.0924 e. The molecule has 1 aliphatic heterocycles. The van der Waals surface area contributed by atoms with Gasteiger partial charge in [-0.3, -0.25) is 15.0 Å². The molecule has 0 spiro atoms. The van der Waals surface area contributed by atoms with Gasteiger partial charge >= 0.3 is 0 Å². The molecule has 0 aliphatic carbocycles. The number of aromatic amines is 1. The molecule has 0 saturated carbocycles. The molecule has 4 aromatic rings. The van der Waals surface area contributed by atoms with E-state index in [1.807, 2.05) is 18.3 Å². The molecule has 0 amide bonds. The maximum atomic E-state index is 4.46. The average molecular weight is 383 g/mol. The fraction of sp³-hybridized carbons (Fsp3) is 0.250. The Morgan fingerprint density at radius 1 is 0.966 bits per heavy atom. The number of likely N-dealkylation sites (tertiary alicyclic amines) is 1. The standard InChI is InChI=1S/C24H25N5/c1-2-12-29(11-1)17-18-5-3-6-19(13-18)20-8-9-23-22(14-20)24(28-27-23)16-26-21-7-4-10-25-15-21/h3-10,13-15,26H,1-2,11-12,16-17H2,(H,27,28). The van der Waals surface area contributed by atoms with Crippen LogP contribution in [-0.2, 0) is 13.1 Å². The van der Waals surface area contributed by atoms with E-state index in [1.165, 1.54) is 42.6 Å². The number of fused-ring (bicyclic) bond motifs is 1. The summed E-state index contributed by atoms with van der Waals surface area (Å²) in [5.74, 6) is 0. The SMILES string of the molecule is c1cncc(NCc2[nH]nc3ccc(-c4cccc(CN5CCCC5)c4)cc23)c1. The van der Waals surface area contributed by atoms with Gasteiger partial charge < -0.3 is 5.32 Å². The summed E-state index contributed by atoms with van der Waals surface area (Å²) in [6, 6.07) is 19.4. The van der Waals surface area contributed by atoms with Crippen LogP contribution in [0.5, 0.6) is 0 Å². The van der Waals surface area contributed by atoms with E-state index in [9.17, 15) is 0 Å². The topological polar surface area (TPSA) is 56.8 Å². The molecule has 146 valence electrons. The van der Waals surface area contributed by atoms with E-state index in [4.69, 9.17) is 0 Å². The number of aromatic nitrogens is 3. The lowest BCUT2D eigenvalue weighted by atomic mass is 10.0. The molecule has 5 nitrogen and oxygen atoms in total. The van der Waals surface area contributed by atoms with Crippen molar-refractivity contribution < 1.29 is 0 Å². The Kier molecular flexibility index (Phi) is 4.97. The third-order valence-corrected chi connectivity index (χ3v) is 5.63. The molecule has 0 unspecified atom stereocenters. The Morgan fingerprint density at radius 2 is 1.86 bits per heavy atom. The summed E-state index contributed by atoms with van der Waals surface area (Å²) < 4.78 is 0. The molecule has 1 fully saturated rings. The normalized spacial score (nSPS) is 14.5. The monoisotopic (exact) mass is 383 g/mol. The first-order chi connectivity index (χ1) is 14.3. The second-order valence-corrected chi connectivity index (χ2v) is 7.71. The van der Waals surface area contributed by atoms with Crippen molar-refractivity contribution in [1.29, 1.82) is 0 Å². The van der Waals surface area contributed by atoms with Gasteiger partial charge in [0, 0.05) is 24.3 Å². The van der Waals surface area contributed by atoms with Gasteiger partial charge in [0.15, 0.2) is 0 Å². The molecule has 3 heterocycles. The van der Waals surface area contributed by atoms with Gasteiger partial charge in [-0.15, -0.1) is 0 Å². The summed E-state index contributed by atoms with van der Waals surface area (Å²) in [6.07, 6.45) is 6.26. The zero-order valence-electron chi connectivity index (χ0n) is 16.4. The molecular formula is C24H25N5. The molecule has 5 heteroatoms. The number of anilines is 1. The Hall–Kier alpha value is -3.18. The summed E-state index contributed by atoms with van der Waals surface area (Å²) in [5.41, 5.74) is 6.95. The van der Waals surface area contributed by atoms with E-state index in [1.54, 1.807) is 6.20 Å². The minimum atomic E-state index is 0.681. The molecule has 2 N–H and O–H groups in total. The second-order valence-electron chi connectivity index (χ2n) is 7.71. The van der Waals surface area contributed by atoms with Gasteiger partial charge in [0.1, 0.15) is 0 Å². The first-order valence-electron chi connectivity index (χ1n) is 10.3. The number of hydrogen-bond donors (Lipinski definition) is 2. The van der Waals surface area contributed by atoms with Crippen molar-refractivity contribution in [2.45, 2.75) is 25.9 Å². The van der Waals surface area contributed by atoms with Gasteiger partial charge in [-0.2, -0.15) is 5.10 Å². The Balaban J connectivity index is 1.39. The van der Waals surface area contributed by atoms with E-state index in [2.05, 4.69) is 67.9 Å². The Bertz CT molecular complexity index is 1100. The van der Waals surface area contributed by atoms with Crippen molar-refractivity contribution in [2.24, 2.45) is 0 Å². The third-order valence-electron chi connectivity index (χ3n) is 5.63. The second kappa shape index (κ2) is 8.05. The summed E-state index contributed by atoms with van der Waals surface area (Å²) in [7, 11) is 0. The predicted molar refractivity (Wildman–Crippen MR) is 118 cm³/mol. The summed E-state index contributed by atoms with van der Waals surface area (Å²) in [6.45, 7) is 4.17. The summed E-state index contributed by atoms with van der Waals surface area (Å²) in [5, 5.41) is 12.2. The molecule has 0 bridgehead atoms. The first kappa shape index (κ1) is 17.9. The first-order valence-corrected chi connectivity index (χ1v) is 10.3. The van der Waals surface area contributed by atoms with Crippen LogP contribution in [0.3, 0.4) is 0 Å². The van der Waals surface area contributed by atoms with E-state index < -0.39 is 0 Å². The molecule has 2 aromatic carbocycles. The van der Waals surface area contributed by atoms with Crippen LogP contribution in [-0.4, -0.2) is 33.2 Å². The fourth-order valence-corrected chi connectivity index (χ4v) is 4.08. The van der Waals surface area contributed by atoms with E-state index in [0.29, 0.717) is 6.54 Å². The van der Waals surface area contributed by atoms with Crippen molar-refractivity contribution in [3.63, 3.8) is 0 Å². The lowest BCUT2D eigenvalue weighted by molar-refractivity contribution is 0.331. The van der Waals surface area contributed by atoms with Crippen molar-refractivity contribution in [1.82, 2.24) is 20.1 Å². The van der Waals surface area contributed by atoms with Gasteiger partial charge in [0.25, 0.3) is 0 Å². The van der Waals surface area contributed by atoms with Gasteiger partial charge in [0.2, 0.25) is 0 Å². The van der Waals surface area contributed by atoms with Crippen LogP contribution in [0.25, 0.3) is 22.0 Å². The molecule has 0 atom stereocenters. The number of benzene rings is 2. The van der Waals surface area contributed by atoms with Crippen LogP contribution < -0.4 is 5.32 Å². The highest BCUT2D eigenvalue weighted by Gasteiger charge is 2.12. The predicted octanol–water partition coefficient (Wildman–Crippen LogP) is 4.83. The third kappa shape index (κ3) is 4.00. The highest BCUT2D eigenvalue weighted by molar-refractivity contribution is 5.86. The zero-order chi connectivity index (χ0) is 19.5. The largest absolute Gasteiger partial charge is 0.378 e. The highest BCUT2D eigenvalue weighted by atomic mass is 15.1. The fourth-order valence-electron chi connectivity index (χ4n) is 4.08. The van der Waals surface area contributed by atoms with Crippen LogP contribution >= 0.6 is 0 Å². The number of H-pyrrole nitrogens is 1.